The summed E-state index contributed by atoms with van der Waals surface area (Å²) < 4.78 is 0. The van der Waals surface area contributed by atoms with Gasteiger partial charge in [0.1, 0.15) is 5.69 Å². The predicted molar refractivity (Wildman–Crippen MR) is 115 cm³/mol. The fourth-order valence-corrected chi connectivity index (χ4v) is 4.20. The van der Waals surface area contributed by atoms with Crippen LogP contribution in [0.15, 0.2) is 34.2 Å². The Morgan fingerprint density at radius 1 is 1.24 bits per heavy atom. The van der Waals surface area contributed by atoms with Gasteiger partial charge in [-0.25, -0.2) is 9.97 Å². The Labute approximate surface area is 178 Å². The number of carbonyl (C=O) groups is 2. The largest absolute Gasteiger partial charge is 0.338 e. The average molecular weight is 435 g/mol. The van der Waals surface area contributed by atoms with Crippen LogP contribution in [0.3, 0.4) is 0 Å². The van der Waals surface area contributed by atoms with E-state index in [4.69, 9.17) is 17.3 Å². The van der Waals surface area contributed by atoms with Gasteiger partial charge in [0.05, 0.1) is 11.4 Å². The summed E-state index contributed by atoms with van der Waals surface area (Å²) in [7, 11) is 2.08. The zero-order valence-corrected chi connectivity index (χ0v) is 17.9. The maximum absolute atomic E-state index is 12.2. The lowest BCUT2D eigenvalue weighted by Gasteiger charge is -2.32. The highest BCUT2D eigenvalue weighted by Crippen LogP contribution is 2.34. The Morgan fingerprint density at radius 3 is 2.62 bits per heavy atom. The molecule has 0 saturated carbocycles. The van der Waals surface area contributed by atoms with Crippen molar-refractivity contribution in [3.63, 3.8) is 0 Å². The van der Waals surface area contributed by atoms with Crippen LogP contribution in [0.1, 0.15) is 17.4 Å². The zero-order chi connectivity index (χ0) is 21.0. The van der Waals surface area contributed by atoms with Crippen LogP contribution in [0.25, 0.3) is 0 Å². The molecule has 0 radical (unpaired) electrons. The van der Waals surface area contributed by atoms with E-state index in [1.54, 1.807) is 24.4 Å². The average Bonchev–Trinajstić information content (AvgIpc) is 2.68. The third kappa shape index (κ3) is 5.66. The monoisotopic (exact) mass is 434 g/mol. The van der Waals surface area contributed by atoms with Crippen LogP contribution in [0, 0.1) is 0 Å². The highest BCUT2D eigenvalue weighted by molar-refractivity contribution is 7.99. The minimum atomic E-state index is -0.312. The Balaban J connectivity index is 1.85. The van der Waals surface area contributed by atoms with Gasteiger partial charge >= 0.3 is 0 Å². The first kappa shape index (κ1) is 21.5. The molecule has 8 nitrogen and oxygen atoms in total. The smallest absolute Gasteiger partial charge is 0.238 e. The Hall–Kier alpha value is -2.20. The summed E-state index contributed by atoms with van der Waals surface area (Å²) in [5.74, 6) is 0.117. The standard InChI is InChI=1S/C19H23ClN6O2S/c1-12(27)18-16(11-22-19(24-18)26-5-3-25(2)4-6-26)29-15-8-13(20)7-14(9-15)23-17(28)10-21/h7-9,11H,3-6,10,21H2,1-2H3,(H,23,28). The van der Waals surface area contributed by atoms with E-state index in [-0.39, 0.29) is 18.2 Å². The third-order valence-corrected chi connectivity index (χ3v) is 5.64. The maximum atomic E-state index is 12.2. The molecule has 0 bridgehead atoms. The fourth-order valence-electron chi connectivity index (χ4n) is 2.88. The van der Waals surface area contributed by atoms with Crippen LogP contribution in [-0.2, 0) is 4.79 Å². The molecular weight excluding hydrogens is 412 g/mol. The number of hydrogen-bond acceptors (Lipinski definition) is 8. The molecule has 29 heavy (non-hydrogen) atoms. The van der Waals surface area contributed by atoms with E-state index in [0.29, 0.717) is 27.2 Å². The molecule has 0 atom stereocenters. The van der Waals surface area contributed by atoms with Crippen molar-refractivity contribution in [3.8, 4) is 0 Å². The van der Waals surface area contributed by atoms with Crippen molar-refractivity contribution in [1.29, 1.82) is 0 Å². The molecule has 1 aromatic heterocycles. The van der Waals surface area contributed by atoms with Gasteiger partial charge in [-0.05, 0) is 25.2 Å². The number of rotatable bonds is 6. The lowest BCUT2D eigenvalue weighted by atomic mass is 10.3. The van der Waals surface area contributed by atoms with Crippen molar-refractivity contribution in [2.24, 2.45) is 5.73 Å². The second kappa shape index (κ2) is 9.53. The second-order valence-corrected chi connectivity index (χ2v) is 8.31. The molecule has 1 saturated heterocycles. The zero-order valence-electron chi connectivity index (χ0n) is 16.3. The van der Waals surface area contributed by atoms with Gasteiger partial charge in [0, 0.05) is 54.9 Å². The first-order valence-corrected chi connectivity index (χ1v) is 10.3. The molecule has 3 N–H and O–H groups in total. The summed E-state index contributed by atoms with van der Waals surface area (Å²) in [6.45, 7) is 4.86. The highest BCUT2D eigenvalue weighted by Gasteiger charge is 2.20. The van der Waals surface area contributed by atoms with E-state index in [9.17, 15) is 9.59 Å². The van der Waals surface area contributed by atoms with Crippen LogP contribution in [-0.4, -0.2) is 66.3 Å². The van der Waals surface area contributed by atoms with Crippen molar-refractivity contribution >= 4 is 46.7 Å². The number of carbonyl (C=O) groups excluding carboxylic acids is 2. The summed E-state index contributed by atoms with van der Waals surface area (Å²) in [5, 5.41) is 3.14. The lowest BCUT2D eigenvalue weighted by Crippen LogP contribution is -2.45. The van der Waals surface area contributed by atoms with E-state index in [1.165, 1.54) is 18.7 Å². The minimum Gasteiger partial charge on any atom is -0.338 e. The Kier molecular flexibility index (Phi) is 7.07. The van der Waals surface area contributed by atoms with Gasteiger partial charge in [0.2, 0.25) is 11.9 Å². The molecule has 1 fully saturated rings. The van der Waals surface area contributed by atoms with Gasteiger partial charge in [-0.2, -0.15) is 0 Å². The van der Waals surface area contributed by atoms with Crippen molar-refractivity contribution < 1.29 is 9.59 Å². The molecule has 1 aliphatic rings. The van der Waals surface area contributed by atoms with Crippen molar-refractivity contribution in [2.75, 3.05) is 50.0 Å². The molecule has 2 aromatic rings. The van der Waals surface area contributed by atoms with Crippen molar-refractivity contribution in [1.82, 2.24) is 14.9 Å². The number of aromatic nitrogens is 2. The Bertz CT molecular complexity index is 918. The normalized spacial score (nSPS) is 14.7. The van der Waals surface area contributed by atoms with Gasteiger partial charge in [-0.15, -0.1) is 0 Å². The second-order valence-electron chi connectivity index (χ2n) is 6.76. The number of hydrogen-bond donors (Lipinski definition) is 2. The molecular formula is C19H23ClN6O2S. The maximum Gasteiger partial charge on any atom is 0.238 e. The van der Waals surface area contributed by atoms with Crippen molar-refractivity contribution in [3.05, 3.63) is 35.1 Å². The number of ketones is 1. The van der Waals surface area contributed by atoms with Gasteiger partial charge in [-0.1, -0.05) is 23.4 Å². The number of amides is 1. The van der Waals surface area contributed by atoms with Gasteiger partial charge in [0.15, 0.2) is 5.78 Å². The third-order valence-electron chi connectivity index (χ3n) is 4.43. The van der Waals surface area contributed by atoms with Crippen LogP contribution in [0.2, 0.25) is 5.02 Å². The number of anilines is 2. The number of nitrogens with one attached hydrogen (secondary N) is 1. The molecule has 3 rings (SSSR count). The molecule has 2 heterocycles. The molecule has 1 amide bonds. The van der Waals surface area contributed by atoms with Crippen LogP contribution in [0.5, 0.6) is 0 Å². The number of halogens is 1. The van der Waals surface area contributed by atoms with Gasteiger partial charge in [0.25, 0.3) is 0 Å². The lowest BCUT2D eigenvalue weighted by molar-refractivity contribution is -0.114. The quantitative estimate of drug-likeness (QED) is 0.666. The summed E-state index contributed by atoms with van der Waals surface area (Å²) >= 11 is 7.50. The van der Waals surface area contributed by atoms with Crippen LogP contribution < -0.4 is 16.0 Å². The minimum absolute atomic E-state index is 0.120. The number of likely N-dealkylation sites (N-methyl/N-ethyl adjacent to an activating group) is 1. The first-order chi connectivity index (χ1) is 13.9. The molecule has 0 aliphatic carbocycles. The van der Waals surface area contributed by atoms with E-state index < -0.39 is 0 Å². The molecule has 154 valence electrons. The summed E-state index contributed by atoms with van der Waals surface area (Å²) in [6, 6.07) is 5.16. The molecule has 0 unspecified atom stereocenters. The van der Waals surface area contributed by atoms with Gasteiger partial charge < -0.3 is 20.9 Å². The highest BCUT2D eigenvalue weighted by atomic mass is 35.5. The predicted octanol–water partition coefficient (Wildman–Crippen LogP) is 2.13. The Morgan fingerprint density at radius 2 is 1.97 bits per heavy atom. The summed E-state index contributed by atoms with van der Waals surface area (Å²) in [4.78, 5) is 38.5. The summed E-state index contributed by atoms with van der Waals surface area (Å²) in [5.41, 5.74) is 6.25. The molecule has 1 aromatic carbocycles. The molecule has 0 spiro atoms. The van der Waals surface area contributed by atoms with E-state index in [0.717, 1.165) is 31.1 Å². The van der Waals surface area contributed by atoms with Crippen molar-refractivity contribution in [2.45, 2.75) is 16.7 Å². The summed E-state index contributed by atoms with van der Waals surface area (Å²) in [6.07, 6.45) is 1.67. The fraction of sp³-hybridized carbons (Fsp3) is 0.368. The number of nitrogens with zero attached hydrogens (tertiary/aromatic N) is 4. The SMILES string of the molecule is CC(=O)c1nc(N2CCN(C)CC2)ncc1Sc1cc(Cl)cc(NC(=O)CN)c1. The number of piperazine rings is 1. The van der Waals surface area contributed by atoms with E-state index >= 15 is 0 Å². The van der Waals surface area contributed by atoms with Crippen LogP contribution in [0.4, 0.5) is 11.6 Å². The molecule has 10 heteroatoms. The number of benzene rings is 1. The van der Waals surface area contributed by atoms with Gasteiger partial charge in [-0.3, -0.25) is 9.59 Å². The topological polar surface area (TPSA) is 104 Å². The number of Topliss-reactive ketones (excluding diaryl/α,β-unsaturated/α-hetero) is 1. The number of nitrogens with two attached hydrogens (primary N) is 1. The van der Waals surface area contributed by atoms with Crippen LogP contribution >= 0.6 is 23.4 Å². The first-order valence-electron chi connectivity index (χ1n) is 9.15. The molecule has 1 aliphatic heterocycles. The van der Waals surface area contributed by atoms with E-state index in [1.807, 2.05) is 0 Å². The van der Waals surface area contributed by atoms with E-state index in [2.05, 4.69) is 32.1 Å².